The molecule has 1 saturated heterocycles. The summed E-state index contributed by atoms with van der Waals surface area (Å²) in [6, 6.07) is 4.23. The average molecular weight is 415 g/mol. The molecule has 0 unspecified atom stereocenters. The summed E-state index contributed by atoms with van der Waals surface area (Å²) in [6.45, 7) is 1.47. The Balaban J connectivity index is 1.93. The first-order valence-electron chi connectivity index (χ1n) is 9.14. The van der Waals surface area contributed by atoms with Crippen molar-refractivity contribution >= 4 is 23.2 Å². The standard InChI is InChI=1S/C20H17NO9/c1-18-6-3-2-4-8(22)10(6)13(23)11-7(18)5-9-19(28,14(11)24)15(25)12(17(21)27)16(26)20(9,29)30-18/h2-4,7,9,22-23,26,28-29H,5H2,1H3,(H2,21,27)/t7-,9+,18+,19-,20+/m0/s1. The Kier molecular flexibility index (Phi) is 3.19. The third kappa shape index (κ3) is 1.70. The highest BCUT2D eigenvalue weighted by Crippen LogP contribution is 2.64. The number of hydrogen-bond donors (Lipinski definition) is 6. The van der Waals surface area contributed by atoms with Crippen LogP contribution in [0.2, 0.25) is 0 Å². The molecular weight excluding hydrogens is 398 g/mol. The number of phenolic OH excluding ortho intramolecular Hbond substituents is 1. The van der Waals surface area contributed by atoms with Crippen LogP contribution in [0.15, 0.2) is 35.1 Å². The summed E-state index contributed by atoms with van der Waals surface area (Å²) < 4.78 is 5.87. The summed E-state index contributed by atoms with van der Waals surface area (Å²) in [5, 5.41) is 54.3. The maximum atomic E-state index is 13.4. The summed E-state index contributed by atoms with van der Waals surface area (Å²) in [7, 11) is 0. The second-order valence-corrected chi connectivity index (χ2v) is 8.22. The number of hydrogen-bond acceptors (Lipinski definition) is 9. The molecule has 10 heteroatoms. The molecule has 0 aromatic heterocycles. The van der Waals surface area contributed by atoms with Gasteiger partial charge in [-0.3, -0.25) is 14.4 Å². The molecule has 1 aromatic rings. The lowest BCUT2D eigenvalue weighted by Crippen LogP contribution is -2.75. The van der Waals surface area contributed by atoms with Crippen molar-refractivity contribution in [2.45, 2.75) is 30.3 Å². The lowest BCUT2D eigenvalue weighted by atomic mass is 9.52. The van der Waals surface area contributed by atoms with E-state index in [-0.39, 0.29) is 23.1 Å². The largest absolute Gasteiger partial charge is 0.507 e. The number of ketones is 2. The normalized spacial score (nSPS) is 39.2. The number of ether oxygens (including phenoxy) is 1. The van der Waals surface area contributed by atoms with E-state index < -0.39 is 69.1 Å². The Labute approximate surface area is 168 Å². The Morgan fingerprint density at radius 3 is 2.47 bits per heavy atom. The number of aliphatic hydroxyl groups excluding tert-OH is 2. The van der Waals surface area contributed by atoms with E-state index in [4.69, 9.17) is 10.5 Å². The van der Waals surface area contributed by atoms with Crippen molar-refractivity contribution in [3.8, 4) is 5.75 Å². The number of benzene rings is 1. The number of aromatic hydroxyl groups is 1. The minimum atomic E-state index is -3.01. The van der Waals surface area contributed by atoms with Gasteiger partial charge in [0.05, 0.1) is 11.5 Å². The highest BCUT2D eigenvalue weighted by molar-refractivity contribution is 6.33. The molecule has 1 heterocycles. The van der Waals surface area contributed by atoms with Crippen LogP contribution in [-0.4, -0.2) is 54.4 Å². The Bertz CT molecular complexity index is 1170. The molecule has 0 radical (unpaired) electrons. The van der Waals surface area contributed by atoms with Gasteiger partial charge in [0.25, 0.3) is 5.91 Å². The molecule has 1 aromatic carbocycles. The molecule has 1 saturated carbocycles. The van der Waals surface area contributed by atoms with Crippen LogP contribution in [0, 0.1) is 11.8 Å². The summed E-state index contributed by atoms with van der Waals surface area (Å²) in [6.07, 6.45) is -0.244. The smallest absolute Gasteiger partial charge is 0.256 e. The zero-order valence-electron chi connectivity index (χ0n) is 15.5. The van der Waals surface area contributed by atoms with Gasteiger partial charge in [-0.05, 0) is 25.0 Å². The lowest BCUT2D eigenvalue weighted by Gasteiger charge is -2.61. The summed E-state index contributed by atoms with van der Waals surface area (Å²) in [4.78, 5) is 38.2. The van der Waals surface area contributed by atoms with E-state index in [1.165, 1.54) is 25.1 Å². The second-order valence-electron chi connectivity index (χ2n) is 8.22. The van der Waals surface area contributed by atoms with E-state index in [9.17, 15) is 39.9 Å². The molecule has 1 amide bonds. The van der Waals surface area contributed by atoms with Gasteiger partial charge >= 0.3 is 0 Å². The van der Waals surface area contributed by atoms with E-state index >= 15 is 0 Å². The van der Waals surface area contributed by atoms with Crippen molar-refractivity contribution in [2.75, 3.05) is 0 Å². The molecule has 2 bridgehead atoms. The first-order valence-corrected chi connectivity index (χ1v) is 9.14. The molecule has 4 aliphatic rings. The summed E-state index contributed by atoms with van der Waals surface area (Å²) >= 11 is 0. The van der Waals surface area contributed by atoms with Crippen LogP contribution in [0.5, 0.6) is 5.75 Å². The number of fused-ring (bicyclic) bond motifs is 2. The zero-order valence-corrected chi connectivity index (χ0v) is 15.5. The highest BCUT2D eigenvalue weighted by Gasteiger charge is 2.76. The molecule has 10 nitrogen and oxygen atoms in total. The van der Waals surface area contributed by atoms with Crippen LogP contribution in [-0.2, 0) is 24.7 Å². The molecule has 7 N–H and O–H groups in total. The maximum absolute atomic E-state index is 13.4. The number of rotatable bonds is 1. The van der Waals surface area contributed by atoms with Gasteiger partial charge in [-0.15, -0.1) is 0 Å². The number of phenols is 1. The van der Waals surface area contributed by atoms with Crippen LogP contribution in [0.1, 0.15) is 24.5 Å². The minimum absolute atomic E-state index is 0.156. The molecular formula is C20H17NO9. The molecule has 0 spiro atoms. The lowest BCUT2D eigenvalue weighted by molar-refractivity contribution is -0.346. The fourth-order valence-electron chi connectivity index (χ4n) is 5.49. The summed E-state index contributed by atoms with van der Waals surface area (Å²) in [5.41, 5.74) is -0.870. The van der Waals surface area contributed by atoms with Crippen LogP contribution < -0.4 is 5.73 Å². The van der Waals surface area contributed by atoms with Gasteiger partial charge in [0, 0.05) is 11.5 Å². The maximum Gasteiger partial charge on any atom is 0.256 e. The topological polar surface area (TPSA) is 188 Å². The third-order valence-electron chi connectivity index (χ3n) is 6.88. The Morgan fingerprint density at radius 2 is 1.83 bits per heavy atom. The van der Waals surface area contributed by atoms with E-state index in [1.807, 2.05) is 0 Å². The zero-order chi connectivity index (χ0) is 22.0. The molecule has 1 aliphatic heterocycles. The fraction of sp³-hybridized carbons (Fsp3) is 0.350. The Morgan fingerprint density at radius 1 is 1.17 bits per heavy atom. The van der Waals surface area contributed by atoms with Gasteiger partial charge in [0.15, 0.2) is 11.4 Å². The van der Waals surface area contributed by atoms with Crippen molar-refractivity contribution in [2.24, 2.45) is 17.6 Å². The first kappa shape index (κ1) is 18.8. The number of primary amides is 1. The number of aliphatic hydroxyl groups is 4. The highest BCUT2D eigenvalue weighted by atomic mass is 16.7. The van der Waals surface area contributed by atoms with Crippen LogP contribution in [0.25, 0.3) is 5.76 Å². The van der Waals surface area contributed by atoms with E-state index in [1.54, 1.807) is 0 Å². The number of amides is 1. The quantitative estimate of drug-likeness (QED) is 0.258. The number of Topliss-reactive ketones (excluding diaryl/α,β-unsaturated/α-hetero) is 2. The van der Waals surface area contributed by atoms with Crippen molar-refractivity contribution in [1.82, 2.24) is 0 Å². The predicted molar refractivity (Wildman–Crippen MR) is 96.5 cm³/mol. The van der Waals surface area contributed by atoms with E-state index in [0.717, 1.165) is 0 Å². The van der Waals surface area contributed by atoms with Crippen LogP contribution in [0.4, 0.5) is 0 Å². The van der Waals surface area contributed by atoms with Gasteiger partial charge < -0.3 is 36.0 Å². The average Bonchev–Trinajstić information content (AvgIpc) is 2.66. The van der Waals surface area contributed by atoms with Crippen molar-refractivity contribution in [3.63, 3.8) is 0 Å². The molecule has 156 valence electrons. The molecule has 5 rings (SSSR count). The molecule has 3 aliphatic carbocycles. The monoisotopic (exact) mass is 415 g/mol. The van der Waals surface area contributed by atoms with Crippen LogP contribution >= 0.6 is 0 Å². The first-order chi connectivity index (χ1) is 13.9. The van der Waals surface area contributed by atoms with Crippen LogP contribution in [0.3, 0.4) is 0 Å². The van der Waals surface area contributed by atoms with Gasteiger partial charge in [-0.2, -0.15) is 0 Å². The van der Waals surface area contributed by atoms with Gasteiger partial charge in [-0.25, -0.2) is 0 Å². The predicted octanol–water partition coefficient (Wildman–Crippen LogP) is -0.575. The van der Waals surface area contributed by atoms with Gasteiger partial charge in [-0.1, -0.05) is 12.1 Å². The Hall–Kier alpha value is -3.21. The van der Waals surface area contributed by atoms with Crippen molar-refractivity contribution < 1.29 is 44.7 Å². The number of carbonyl (C=O) groups is 3. The van der Waals surface area contributed by atoms with E-state index in [0.29, 0.717) is 0 Å². The van der Waals surface area contributed by atoms with E-state index in [2.05, 4.69) is 0 Å². The third-order valence-corrected chi connectivity index (χ3v) is 6.88. The van der Waals surface area contributed by atoms with Gasteiger partial charge in [0.2, 0.25) is 17.4 Å². The fourth-order valence-corrected chi connectivity index (χ4v) is 5.49. The van der Waals surface area contributed by atoms with Crippen molar-refractivity contribution in [3.05, 3.63) is 46.2 Å². The minimum Gasteiger partial charge on any atom is -0.507 e. The molecule has 5 atom stereocenters. The molecule has 30 heavy (non-hydrogen) atoms. The summed E-state index contributed by atoms with van der Waals surface area (Å²) in [5.74, 6) is -11.8. The van der Waals surface area contributed by atoms with Gasteiger partial charge in [0.1, 0.15) is 22.7 Å². The van der Waals surface area contributed by atoms with Crippen molar-refractivity contribution in [1.29, 1.82) is 0 Å². The number of nitrogens with two attached hydrogens (primary N) is 1. The number of carbonyl (C=O) groups excluding carboxylic acids is 3. The second kappa shape index (κ2) is 5.09. The molecule has 2 fully saturated rings. The SMILES string of the molecule is C[C@@]12O[C@@]3(O)C(O)=C(C(N)=O)C(=O)[C@@]4(O)C(=O)C(=C(O)c5c(O)cccc51)[C@@H]2C[C@H]43.